The van der Waals surface area contributed by atoms with Gasteiger partial charge in [-0.25, -0.2) is 4.52 Å². The van der Waals surface area contributed by atoms with E-state index in [1.165, 1.54) is 13.2 Å². The van der Waals surface area contributed by atoms with Crippen LogP contribution in [0.2, 0.25) is 0 Å². The summed E-state index contributed by atoms with van der Waals surface area (Å²) in [5.41, 5.74) is 1.45. The molecular formula is C23H24F3N5O4. The minimum absolute atomic E-state index is 0.0270. The Hall–Kier alpha value is -3.70. The SMILES string of the molecule is COc1ccc(OC(F)(F)F)cc1NC(=O)CC1CC2(C1)CN(C(=O)c1cnn3ccn(C)c13)C2. The van der Waals surface area contributed by atoms with Gasteiger partial charge < -0.3 is 24.3 Å². The van der Waals surface area contributed by atoms with Gasteiger partial charge in [0.1, 0.15) is 22.7 Å². The van der Waals surface area contributed by atoms with Gasteiger partial charge in [-0.15, -0.1) is 13.2 Å². The van der Waals surface area contributed by atoms with Gasteiger partial charge in [0.25, 0.3) is 5.91 Å². The third-order valence-electron chi connectivity index (χ3n) is 6.70. The van der Waals surface area contributed by atoms with Gasteiger partial charge >= 0.3 is 6.36 Å². The molecule has 35 heavy (non-hydrogen) atoms. The van der Waals surface area contributed by atoms with E-state index in [9.17, 15) is 22.8 Å². The molecule has 2 aliphatic rings. The molecule has 0 bridgehead atoms. The Morgan fingerprint density at radius 2 is 1.97 bits per heavy atom. The molecular weight excluding hydrogens is 467 g/mol. The highest BCUT2D eigenvalue weighted by Crippen LogP contribution is 2.53. The maximum absolute atomic E-state index is 12.9. The van der Waals surface area contributed by atoms with Gasteiger partial charge in [0.05, 0.1) is 19.0 Å². The number of benzene rings is 1. The lowest BCUT2D eigenvalue weighted by Gasteiger charge is -2.59. The Labute approximate surface area is 198 Å². The van der Waals surface area contributed by atoms with E-state index < -0.39 is 12.1 Å². The zero-order valence-electron chi connectivity index (χ0n) is 19.1. The summed E-state index contributed by atoms with van der Waals surface area (Å²) >= 11 is 0. The minimum Gasteiger partial charge on any atom is -0.495 e. The maximum Gasteiger partial charge on any atom is 0.573 e. The van der Waals surface area contributed by atoms with E-state index in [0.717, 1.165) is 30.6 Å². The van der Waals surface area contributed by atoms with E-state index in [-0.39, 0.29) is 41.0 Å². The van der Waals surface area contributed by atoms with Crippen LogP contribution in [0.3, 0.4) is 0 Å². The van der Waals surface area contributed by atoms with Crippen molar-refractivity contribution in [1.29, 1.82) is 0 Å². The first-order valence-electron chi connectivity index (χ1n) is 11.1. The van der Waals surface area contributed by atoms with Gasteiger partial charge in [0.15, 0.2) is 0 Å². The molecule has 2 fully saturated rings. The van der Waals surface area contributed by atoms with Gasteiger partial charge in [-0.1, -0.05) is 0 Å². The number of carbonyl (C=O) groups excluding carboxylic acids is 2. The van der Waals surface area contributed by atoms with Crippen LogP contribution in [0.15, 0.2) is 36.8 Å². The van der Waals surface area contributed by atoms with Crippen molar-refractivity contribution in [3.63, 3.8) is 0 Å². The van der Waals surface area contributed by atoms with Crippen molar-refractivity contribution in [2.75, 3.05) is 25.5 Å². The molecule has 1 saturated carbocycles. The van der Waals surface area contributed by atoms with E-state index in [1.54, 1.807) is 21.8 Å². The van der Waals surface area contributed by atoms with Crippen LogP contribution in [0.1, 0.15) is 29.6 Å². The fourth-order valence-electron chi connectivity index (χ4n) is 5.29. The number of halogens is 3. The second kappa shape index (κ2) is 8.21. The lowest BCUT2D eigenvalue weighted by Crippen LogP contribution is -2.63. The number of methoxy groups -OCH3 is 1. The molecule has 2 amide bonds. The highest BCUT2D eigenvalue weighted by molar-refractivity contribution is 6.00. The Kier molecular flexibility index (Phi) is 5.41. The summed E-state index contributed by atoms with van der Waals surface area (Å²) in [5.74, 6) is -0.434. The lowest BCUT2D eigenvalue weighted by molar-refractivity contribution is -0.274. The van der Waals surface area contributed by atoms with E-state index in [4.69, 9.17) is 4.74 Å². The summed E-state index contributed by atoms with van der Waals surface area (Å²) in [5, 5.41) is 6.85. The highest BCUT2D eigenvalue weighted by Gasteiger charge is 2.54. The molecule has 1 saturated heterocycles. The van der Waals surface area contributed by atoms with E-state index >= 15 is 0 Å². The van der Waals surface area contributed by atoms with Crippen molar-refractivity contribution in [2.24, 2.45) is 18.4 Å². The number of amides is 2. The Balaban J connectivity index is 1.13. The Bertz CT molecular complexity index is 1280. The molecule has 9 nitrogen and oxygen atoms in total. The summed E-state index contributed by atoms with van der Waals surface area (Å²) in [4.78, 5) is 27.3. The van der Waals surface area contributed by atoms with Crippen LogP contribution < -0.4 is 14.8 Å². The quantitative estimate of drug-likeness (QED) is 0.571. The van der Waals surface area contributed by atoms with Gasteiger partial charge in [0.2, 0.25) is 5.91 Å². The maximum atomic E-state index is 12.9. The standard InChI is InChI=1S/C23H24F3N5O4/c1-29-5-6-31-20(29)16(11-27-31)21(33)30-12-22(13-30)9-14(10-22)7-19(32)28-17-8-15(35-23(24,25)26)3-4-18(17)34-2/h3-6,8,11,14H,7,9-10,12-13H2,1-2H3,(H,28,32). The van der Waals surface area contributed by atoms with Crippen LogP contribution in [-0.4, -0.2) is 57.5 Å². The average Bonchev–Trinajstić information content (AvgIpc) is 3.30. The van der Waals surface area contributed by atoms with Gasteiger partial charge in [-0.05, 0) is 30.9 Å². The number of hydrogen-bond donors (Lipinski definition) is 1. The third kappa shape index (κ3) is 4.40. The number of aromatic nitrogens is 3. The summed E-state index contributed by atoms with van der Waals surface area (Å²) in [6.45, 7) is 1.27. The molecule has 0 radical (unpaired) electrons. The zero-order chi connectivity index (χ0) is 25.0. The molecule has 3 heterocycles. The van der Waals surface area contributed by atoms with Crippen LogP contribution in [0.4, 0.5) is 18.9 Å². The molecule has 12 heteroatoms. The Morgan fingerprint density at radius 1 is 1.23 bits per heavy atom. The molecule has 1 aromatic carbocycles. The van der Waals surface area contributed by atoms with E-state index in [1.807, 2.05) is 17.8 Å². The first-order chi connectivity index (χ1) is 16.6. The summed E-state index contributed by atoms with van der Waals surface area (Å²) in [7, 11) is 3.23. The number of likely N-dealkylation sites (tertiary alicyclic amines) is 1. The number of anilines is 1. The van der Waals surface area contributed by atoms with Gasteiger partial charge in [0, 0.05) is 50.4 Å². The number of fused-ring (bicyclic) bond motifs is 1. The predicted octanol–water partition coefficient (Wildman–Crippen LogP) is 3.46. The number of hydrogen-bond acceptors (Lipinski definition) is 5. The van der Waals surface area contributed by atoms with Crippen molar-refractivity contribution in [3.05, 3.63) is 42.4 Å². The second-order valence-corrected chi connectivity index (χ2v) is 9.33. The second-order valence-electron chi connectivity index (χ2n) is 9.33. The number of rotatable bonds is 6. The topological polar surface area (TPSA) is 90.1 Å². The molecule has 186 valence electrons. The number of nitrogens with one attached hydrogen (secondary N) is 1. The molecule has 2 aromatic heterocycles. The number of imidazole rings is 1. The fourth-order valence-corrected chi connectivity index (χ4v) is 5.29. The smallest absolute Gasteiger partial charge is 0.495 e. The Morgan fingerprint density at radius 3 is 2.66 bits per heavy atom. The minimum atomic E-state index is -4.83. The monoisotopic (exact) mass is 491 g/mol. The molecule has 1 N–H and O–H groups in total. The number of aryl methyl sites for hydroxylation is 1. The van der Waals surface area contributed by atoms with E-state index in [2.05, 4.69) is 15.2 Å². The molecule has 1 spiro atoms. The van der Waals surface area contributed by atoms with Crippen LogP contribution in [-0.2, 0) is 11.8 Å². The van der Waals surface area contributed by atoms with Crippen LogP contribution in [0, 0.1) is 11.3 Å². The third-order valence-corrected chi connectivity index (χ3v) is 6.70. The first kappa shape index (κ1) is 23.1. The van der Waals surface area contributed by atoms with Gasteiger partial charge in [-0.2, -0.15) is 5.10 Å². The first-order valence-corrected chi connectivity index (χ1v) is 11.1. The molecule has 0 atom stereocenters. The van der Waals surface area contributed by atoms with Crippen molar-refractivity contribution < 1.29 is 32.2 Å². The predicted molar refractivity (Wildman–Crippen MR) is 118 cm³/mol. The van der Waals surface area contributed by atoms with Crippen molar-refractivity contribution in [2.45, 2.75) is 25.6 Å². The molecule has 1 aliphatic heterocycles. The number of nitrogens with zero attached hydrogens (tertiary/aromatic N) is 4. The van der Waals surface area contributed by atoms with Crippen LogP contribution in [0.5, 0.6) is 11.5 Å². The lowest BCUT2D eigenvalue weighted by atomic mass is 9.57. The highest BCUT2D eigenvalue weighted by atomic mass is 19.4. The van der Waals surface area contributed by atoms with Crippen molar-refractivity contribution in [3.8, 4) is 11.5 Å². The number of alkyl halides is 3. The normalized spacial score (nSPS) is 17.2. The molecule has 1 aliphatic carbocycles. The van der Waals surface area contributed by atoms with Crippen molar-refractivity contribution in [1.82, 2.24) is 19.1 Å². The summed E-state index contributed by atoms with van der Waals surface area (Å²) < 4.78 is 50.1. The van der Waals surface area contributed by atoms with Crippen LogP contribution >= 0.6 is 0 Å². The molecule has 0 unspecified atom stereocenters. The average molecular weight is 491 g/mol. The van der Waals surface area contributed by atoms with Gasteiger partial charge in [-0.3, -0.25) is 9.59 Å². The largest absolute Gasteiger partial charge is 0.573 e. The molecule has 5 rings (SSSR count). The zero-order valence-corrected chi connectivity index (χ0v) is 19.1. The van der Waals surface area contributed by atoms with Crippen LogP contribution in [0.25, 0.3) is 5.65 Å². The fraction of sp³-hybridized carbons (Fsp3) is 0.435. The van der Waals surface area contributed by atoms with E-state index in [0.29, 0.717) is 18.7 Å². The number of carbonyl (C=O) groups is 2. The summed E-state index contributed by atoms with van der Waals surface area (Å²) in [6, 6.07) is 3.51. The molecule has 3 aromatic rings. The number of ether oxygens (including phenoxy) is 2. The van der Waals surface area contributed by atoms with Crippen molar-refractivity contribution >= 4 is 23.1 Å². The summed E-state index contributed by atoms with van der Waals surface area (Å²) in [6.07, 6.45) is 2.24.